The molecule has 0 fully saturated rings. The van der Waals surface area contributed by atoms with E-state index in [1.54, 1.807) is 6.20 Å². The van der Waals surface area contributed by atoms with Crippen LogP contribution in [0.3, 0.4) is 0 Å². The summed E-state index contributed by atoms with van der Waals surface area (Å²) in [6.07, 6.45) is 1.79. The van der Waals surface area contributed by atoms with Crippen molar-refractivity contribution in [1.29, 1.82) is 0 Å². The van der Waals surface area contributed by atoms with Crippen LogP contribution in [0.5, 0.6) is 0 Å². The minimum absolute atomic E-state index is 0.623. The molecule has 0 radical (unpaired) electrons. The summed E-state index contributed by atoms with van der Waals surface area (Å²) >= 11 is 0. The minimum Gasteiger partial charge on any atom is -0.364 e. The number of hydrogen-bond acceptors (Lipinski definition) is 5. The summed E-state index contributed by atoms with van der Waals surface area (Å²) < 4.78 is 0. The second-order valence-electron chi connectivity index (χ2n) is 5.23. The highest BCUT2D eigenvalue weighted by Crippen LogP contribution is 2.12. The predicted octanol–water partition coefficient (Wildman–Crippen LogP) is 3.40. The lowest BCUT2D eigenvalue weighted by atomic mass is 10.2. The summed E-state index contributed by atoms with van der Waals surface area (Å²) in [4.78, 5) is 13.2. The second kappa shape index (κ2) is 7.35. The van der Waals surface area contributed by atoms with Crippen LogP contribution in [0.1, 0.15) is 17.0 Å². The fourth-order valence-electron chi connectivity index (χ4n) is 2.20. The van der Waals surface area contributed by atoms with Gasteiger partial charge in [0.2, 0.25) is 5.95 Å². The standard InChI is InChI=1S/C18H19N5/c1-14-11-17(20-13-16-9-5-6-10-19-16)23-18(22-14)21-12-15-7-3-2-4-8-15/h2-11H,12-13H2,1H3,(H2,20,21,22,23). The van der Waals surface area contributed by atoms with Gasteiger partial charge < -0.3 is 10.6 Å². The van der Waals surface area contributed by atoms with Gasteiger partial charge in [-0.05, 0) is 24.6 Å². The molecule has 0 saturated carbocycles. The molecule has 0 bridgehead atoms. The molecule has 2 aromatic heterocycles. The van der Waals surface area contributed by atoms with Gasteiger partial charge in [0, 0.05) is 24.5 Å². The third-order valence-corrected chi connectivity index (χ3v) is 3.32. The summed E-state index contributed by atoms with van der Waals surface area (Å²) in [5, 5.41) is 6.55. The molecule has 0 atom stereocenters. The molecule has 2 heterocycles. The number of aromatic nitrogens is 3. The minimum atomic E-state index is 0.623. The molecule has 5 nitrogen and oxygen atoms in total. The quantitative estimate of drug-likeness (QED) is 0.731. The lowest BCUT2D eigenvalue weighted by Gasteiger charge is -2.10. The summed E-state index contributed by atoms with van der Waals surface area (Å²) in [6.45, 7) is 3.29. The fourth-order valence-corrected chi connectivity index (χ4v) is 2.20. The zero-order chi connectivity index (χ0) is 15.9. The van der Waals surface area contributed by atoms with Gasteiger partial charge in [-0.15, -0.1) is 0 Å². The highest BCUT2D eigenvalue weighted by molar-refractivity contribution is 5.42. The number of aryl methyl sites for hydroxylation is 1. The Balaban J connectivity index is 1.64. The monoisotopic (exact) mass is 305 g/mol. The molecule has 0 spiro atoms. The number of anilines is 2. The van der Waals surface area contributed by atoms with Crippen molar-refractivity contribution in [2.24, 2.45) is 0 Å². The Morgan fingerprint density at radius 3 is 2.48 bits per heavy atom. The number of rotatable bonds is 6. The van der Waals surface area contributed by atoms with E-state index in [2.05, 4.69) is 37.7 Å². The Bertz CT molecular complexity index is 682. The van der Waals surface area contributed by atoms with Gasteiger partial charge >= 0.3 is 0 Å². The zero-order valence-corrected chi connectivity index (χ0v) is 13.0. The van der Waals surface area contributed by atoms with Gasteiger partial charge in [-0.3, -0.25) is 4.98 Å². The van der Waals surface area contributed by atoms with Crippen molar-refractivity contribution in [3.05, 3.63) is 77.7 Å². The van der Waals surface area contributed by atoms with Crippen molar-refractivity contribution in [2.75, 3.05) is 10.6 Å². The van der Waals surface area contributed by atoms with E-state index in [0.29, 0.717) is 19.0 Å². The van der Waals surface area contributed by atoms with E-state index < -0.39 is 0 Å². The second-order valence-corrected chi connectivity index (χ2v) is 5.23. The maximum absolute atomic E-state index is 4.50. The summed E-state index contributed by atoms with van der Waals surface area (Å²) in [5.41, 5.74) is 3.09. The molecular weight excluding hydrogens is 286 g/mol. The van der Waals surface area contributed by atoms with E-state index >= 15 is 0 Å². The largest absolute Gasteiger partial charge is 0.364 e. The molecule has 0 aliphatic carbocycles. The van der Waals surface area contributed by atoms with Crippen LogP contribution in [0, 0.1) is 6.92 Å². The topological polar surface area (TPSA) is 62.7 Å². The van der Waals surface area contributed by atoms with Crippen molar-refractivity contribution >= 4 is 11.8 Å². The van der Waals surface area contributed by atoms with Gasteiger partial charge in [0.05, 0.1) is 12.2 Å². The molecule has 0 saturated heterocycles. The number of nitrogens with zero attached hydrogens (tertiary/aromatic N) is 3. The van der Waals surface area contributed by atoms with Crippen LogP contribution in [-0.4, -0.2) is 15.0 Å². The van der Waals surface area contributed by atoms with Crippen LogP contribution in [0.4, 0.5) is 11.8 Å². The van der Waals surface area contributed by atoms with Crippen LogP contribution in [0.15, 0.2) is 60.8 Å². The number of benzene rings is 1. The lowest BCUT2D eigenvalue weighted by molar-refractivity contribution is 0.993. The van der Waals surface area contributed by atoms with Crippen molar-refractivity contribution in [3.8, 4) is 0 Å². The van der Waals surface area contributed by atoms with E-state index in [4.69, 9.17) is 0 Å². The Kier molecular flexibility index (Phi) is 4.79. The Hall–Kier alpha value is -2.95. The molecule has 3 rings (SSSR count). The maximum Gasteiger partial charge on any atom is 0.225 e. The first kappa shape index (κ1) is 15.0. The van der Waals surface area contributed by atoms with Crippen molar-refractivity contribution in [2.45, 2.75) is 20.0 Å². The van der Waals surface area contributed by atoms with E-state index in [-0.39, 0.29) is 0 Å². The molecular formula is C18H19N5. The summed E-state index contributed by atoms with van der Waals surface area (Å²) in [7, 11) is 0. The average molecular weight is 305 g/mol. The Labute approximate surface area is 135 Å². The third-order valence-electron chi connectivity index (χ3n) is 3.32. The molecule has 23 heavy (non-hydrogen) atoms. The molecule has 0 aliphatic heterocycles. The van der Waals surface area contributed by atoms with Crippen LogP contribution in [0.2, 0.25) is 0 Å². The van der Waals surface area contributed by atoms with Crippen LogP contribution >= 0.6 is 0 Å². The highest BCUT2D eigenvalue weighted by atomic mass is 15.1. The predicted molar refractivity (Wildman–Crippen MR) is 92.1 cm³/mol. The van der Waals surface area contributed by atoms with Crippen molar-refractivity contribution in [1.82, 2.24) is 15.0 Å². The normalized spacial score (nSPS) is 10.3. The van der Waals surface area contributed by atoms with E-state index in [9.17, 15) is 0 Å². The van der Waals surface area contributed by atoms with Gasteiger partial charge in [0.15, 0.2) is 0 Å². The fraction of sp³-hybridized carbons (Fsp3) is 0.167. The highest BCUT2D eigenvalue weighted by Gasteiger charge is 2.03. The first-order valence-corrected chi connectivity index (χ1v) is 7.57. The van der Waals surface area contributed by atoms with Crippen molar-refractivity contribution in [3.63, 3.8) is 0 Å². The third kappa shape index (κ3) is 4.51. The lowest BCUT2D eigenvalue weighted by Crippen LogP contribution is -2.08. The van der Waals surface area contributed by atoms with Gasteiger partial charge in [-0.25, -0.2) is 4.98 Å². The molecule has 116 valence electrons. The molecule has 3 aromatic rings. The van der Waals surface area contributed by atoms with E-state index in [1.807, 2.05) is 49.4 Å². The molecule has 0 amide bonds. The number of pyridine rings is 1. The van der Waals surface area contributed by atoms with Crippen molar-refractivity contribution < 1.29 is 0 Å². The maximum atomic E-state index is 4.50. The van der Waals surface area contributed by atoms with Gasteiger partial charge in [0.25, 0.3) is 0 Å². The first-order valence-electron chi connectivity index (χ1n) is 7.57. The average Bonchev–Trinajstić information content (AvgIpc) is 2.60. The number of nitrogens with one attached hydrogen (secondary N) is 2. The van der Waals surface area contributed by atoms with E-state index in [1.165, 1.54) is 5.56 Å². The van der Waals surface area contributed by atoms with Gasteiger partial charge in [-0.2, -0.15) is 4.98 Å². The van der Waals surface area contributed by atoms with Crippen LogP contribution in [-0.2, 0) is 13.1 Å². The first-order chi connectivity index (χ1) is 11.3. The van der Waals surface area contributed by atoms with E-state index in [0.717, 1.165) is 17.2 Å². The Morgan fingerprint density at radius 2 is 1.70 bits per heavy atom. The summed E-state index contributed by atoms with van der Waals surface area (Å²) in [6, 6.07) is 18.0. The molecule has 2 N–H and O–H groups in total. The van der Waals surface area contributed by atoms with Gasteiger partial charge in [-0.1, -0.05) is 36.4 Å². The molecule has 1 aromatic carbocycles. The summed E-state index contributed by atoms with van der Waals surface area (Å²) in [5.74, 6) is 1.41. The molecule has 5 heteroatoms. The number of hydrogen-bond donors (Lipinski definition) is 2. The molecule has 0 aliphatic rings. The Morgan fingerprint density at radius 1 is 0.870 bits per heavy atom. The molecule has 0 unspecified atom stereocenters. The van der Waals surface area contributed by atoms with Crippen LogP contribution < -0.4 is 10.6 Å². The van der Waals surface area contributed by atoms with Gasteiger partial charge in [0.1, 0.15) is 5.82 Å². The zero-order valence-electron chi connectivity index (χ0n) is 13.0. The smallest absolute Gasteiger partial charge is 0.225 e. The van der Waals surface area contributed by atoms with Crippen LogP contribution in [0.25, 0.3) is 0 Å². The SMILES string of the molecule is Cc1cc(NCc2ccccn2)nc(NCc2ccccc2)n1.